The van der Waals surface area contributed by atoms with Crippen molar-refractivity contribution in [2.24, 2.45) is 0 Å². The summed E-state index contributed by atoms with van der Waals surface area (Å²) in [5, 5.41) is 22.0. The smallest absolute Gasteiger partial charge is 0.274 e. The number of aromatic nitrogens is 5. The maximum absolute atomic E-state index is 13.0. The van der Waals surface area contributed by atoms with Crippen LogP contribution in [0.25, 0.3) is 22.4 Å². The van der Waals surface area contributed by atoms with Gasteiger partial charge in [0.1, 0.15) is 5.82 Å². The highest BCUT2D eigenvalue weighted by atomic mass is 16.5. The SMILES string of the molecule is CCn1c(=O)c2ccc(Nc3cc(N[C@H](CO)c4ccccc4)c(-c4nc(N5CCOCC5)no4)cn3)cc2n1C(C)C. The molecular formula is C31H36N8O4. The van der Waals surface area contributed by atoms with E-state index in [2.05, 4.69) is 39.6 Å². The summed E-state index contributed by atoms with van der Waals surface area (Å²) < 4.78 is 14.9. The molecule has 0 bridgehead atoms. The van der Waals surface area contributed by atoms with Gasteiger partial charge in [0.15, 0.2) is 0 Å². The zero-order chi connectivity index (χ0) is 29.9. The predicted molar refractivity (Wildman–Crippen MR) is 166 cm³/mol. The zero-order valence-corrected chi connectivity index (χ0v) is 24.5. The molecule has 1 aliphatic heterocycles. The molecule has 224 valence electrons. The normalized spacial score (nSPS) is 14.4. The van der Waals surface area contributed by atoms with E-state index >= 15 is 0 Å². The number of fused-ring (bicyclic) bond motifs is 1. The van der Waals surface area contributed by atoms with Gasteiger partial charge in [-0.2, -0.15) is 4.98 Å². The van der Waals surface area contributed by atoms with Crippen molar-refractivity contribution in [1.82, 2.24) is 24.5 Å². The molecule has 43 heavy (non-hydrogen) atoms. The fraction of sp³-hybridized carbons (Fsp3) is 0.355. The Bertz CT molecular complexity index is 1760. The maximum atomic E-state index is 13.0. The topological polar surface area (TPSA) is 136 Å². The quantitative estimate of drug-likeness (QED) is 0.214. The lowest BCUT2D eigenvalue weighted by atomic mass is 10.1. The van der Waals surface area contributed by atoms with Crippen LogP contribution in [0.1, 0.15) is 38.4 Å². The minimum atomic E-state index is -0.387. The average Bonchev–Trinajstić information content (AvgIpc) is 3.63. The third kappa shape index (κ3) is 5.71. The number of aliphatic hydroxyl groups excluding tert-OH is 1. The largest absolute Gasteiger partial charge is 0.394 e. The fourth-order valence-electron chi connectivity index (χ4n) is 5.49. The number of pyridine rings is 1. The van der Waals surface area contributed by atoms with Crippen molar-refractivity contribution in [1.29, 1.82) is 0 Å². The molecule has 0 spiro atoms. The Morgan fingerprint density at radius 2 is 1.86 bits per heavy atom. The van der Waals surface area contributed by atoms with E-state index in [1.165, 1.54) is 0 Å². The molecule has 1 fully saturated rings. The lowest BCUT2D eigenvalue weighted by Gasteiger charge is -2.24. The van der Waals surface area contributed by atoms with Gasteiger partial charge < -0.3 is 29.9 Å². The van der Waals surface area contributed by atoms with Gasteiger partial charge in [-0.3, -0.25) is 9.48 Å². The summed E-state index contributed by atoms with van der Waals surface area (Å²) in [5.41, 5.74) is 3.84. The molecule has 2 aromatic carbocycles. The molecule has 0 saturated carbocycles. The van der Waals surface area contributed by atoms with E-state index < -0.39 is 0 Å². The second-order valence-corrected chi connectivity index (χ2v) is 10.7. The van der Waals surface area contributed by atoms with Crippen molar-refractivity contribution < 1.29 is 14.4 Å². The summed E-state index contributed by atoms with van der Waals surface area (Å²) in [7, 11) is 0. The number of hydrogen-bond acceptors (Lipinski definition) is 10. The van der Waals surface area contributed by atoms with Crippen molar-refractivity contribution >= 4 is 34.0 Å². The Morgan fingerprint density at radius 1 is 1.07 bits per heavy atom. The Hall–Kier alpha value is -4.68. The molecule has 4 heterocycles. The highest BCUT2D eigenvalue weighted by molar-refractivity contribution is 5.84. The van der Waals surface area contributed by atoms with Gasteiger partial charge in [-0.05, 0) is 49.7 Å². The van der Waals surface area contributed by atoms with Gasteiger partial charge in [0, 0.05) is 43.6 Å². The first-order chi connectivity index (χ1) is 21.0. The number of hydrogen-bond donors (Lipinski definition) is 3. The first-order valence-corrected chi connectivity index (χ1v) is 14.6. The Kier molecular flexibility index (Phi) is 8.12. The van der Waals surface area contributed by atoms with E-state index in [9.17, 15) is 9.90 Å². The molecule has 1 saturated heterocycles. The van der Waals surface area contributed by atoms with E-state index in [0.29, 0.717) is 67.1 Å². The van der Waals surface area contributed by atoms with Gasteiger partial charge in [0.25, 0.3) is 17.4 Å². The Balaban J connectivity index is 1.36. The van der Waals surface area contributed by atoms with Crippen molar-refractivity contribution in [3.63, 3.8) is 0 Å². The van der Waals surface area contributed by atoms with Crippen LogP contribution in [-0.2, 0) is 11.3 Å². The number of ether oxygens (including phenoxy) is 1. The lowest BCUT2D eigenvalue weighted by Crippen LogP contribution is -2.36. The van der Waals surface area contributed by atoms with Gasteiger partial charge in [0.2, 0.25) is 0 Å². The van der Waals surface area contributed by atoms with Crippen LogP contribution in [0, 0.1) is 0 Å². The molecule has 0 aliphatic carbocycles. The third-order valence-corrected chi connectivity index (χ3v) is 7.59. The summed E-state index contributed by atoms with van der Waals surface area (Å²) >= 11 is 0. The van der Waals surface area contributed by atoms with Crippen molar-refractivity contribution in [3.8, 4) is 11.5 Å². The molecule has 12 heteroatoms. The van der Waals surface area contributed by atoms with Crippen molar-refractivity contribution in [2.75, 3.05) is 48.4 Å². The van der Waals surface area contributed by atoms with Gasteiger partial charge >= 0.3 is 0 Å². The van der Waals surface area contributed by atoms with E-state index in [-0.39, 0.29) is 24.2 Å². The van der Waals surface area contributed by atoms with Crippen LogP contribution in [0.2, 0.25) is 0 Å². The predicted octanol–water partition coefficient (Wildman–Crippen LogP) is 4.57. The van der Waals surface area contributed by atoms with Gasteiger partial charge in [-0.15, -0.1) is 0 Å². The maximum Gasteiger partial charge on any atom is 0.274 e. The van der Waals surface area contributed by atoms with Crippen LogP contribution in [0.15, 0.2) is 70.1 Å². The second kappa shape index (κ2) is 12.3. The van der Waals surface area contributed by atoms with Gasteiger partial charge in [0.05, 0.1) is 48.0 Å². The molecule has 1 atom stereocenters. The number of rotatable bonds is 10. The van der Waals surface area contributed by atoms with Gasteiger partial charge in [-0.1, -0.05) is 30.3 Å². The first-order valence-electron chi connectivity index (χ1n) is 14.6. The summed E-state index contributed by atoms with van der Waals surface area (Å²) in [4.78, 5) is 24.3. The fourth-order valence-corrected chi connectivity index (χ4v) is 5.49. The second-order valence-electron chi connectivity index (χ2n) is 10.7. The van der Waals surface area contributed by atoms with E-state index in [1.807, 2.05) is 71.1 Å². The number of aliphatic hydroxyl groups is 1. The molecule has 0 amide bonds. The third-order valence-electron chi connectivity index (χ3n) is 7.59. The van der Waals surface area contributed by atoms with Crippen LogP contribution in [0.4, 0.5) is 23.1 Å². The van der Waals surface area contributed by atoms with Crippen molar-refractivity contribution in [2.45, 2.75) is 39.4 Å². The van der Waals surface area contributed by atoms with Crippen LogP contribution in [0.3, 0.4) is 0 Å². The first kappa shape index (κ1) is 28.4. The number of nitrogens with one attached hydrogen (secondary N) is 2. The zero-order valence-electron chi connectivity index (χ0n) is 24.5. The molecule has 6 rings (SSSR count). The lowest BCUT2D eigenvalue weighted by molar-refractivity contribution is 0.121. The highest BCUT2D eigenvalue weighted by Crippen LogP contribution is 2.33. The molecule has 0 unspecified atom stereocenters. The minimum absolute atomic E-state index is 0.00122. The number of anilines is 4. The standard InChI is InChI=1S/C31H36N8O4/c1-4-38-30(41)23-11-10-22(16-27(23)39(38)20(2)3)33-28-17-25(34-26(19-40)21-8-6-5-7-9-21)24(18-32-28)29-35-31(36-43-29)37-12-14-42-15-13-37/h5-11,16-18,20,26,40H,4,12-15,19H2,1-3H3,(H2,32,33,34)/t26-/m1/s1. The van der Waals surface area contributed by atoms with E-state index in [0.717, 1.165) is 16.8 Å². The van der Waals surface area contributed by atoms with Gasteiger partial charge in [-0.25, -0.2) is 9.67 Å². The molecular weight excluding hydrogens is 548 g/mol. The van der Waals surface area contributed by atoms with Crippen LogP contribution >= 0.6 is 0 Å². The molecule has 1 aliphatic rings. The Labute approximate surface area is 248 Å². The van der Waals surface area contributed by atoms with E-state index in [4.69, 9.17) is 9.26 Å². The number of nitrogens with zero attached hydrogens (tertiary/aromatic N) is 6. The minimum Gasteiger partial charge on any atom is -0.394 e. The molecule has 3 N–H and O–H groups in total. The Morgan fingerprint density at radius 3 is 2.58 bits per heavy atom. The summed E-state index contributed by atoms with van der Waals surface area (Å²) in [6.07, 6.45) is 1.68. The van der Waals surface area contributed by atoms with Crippen molar-refractivity contribution in [3.05, 3.63) is 76.7 Å². The van der Waals surface area contributed by atoms with Crippen LogP contribution in [0.5, 0.6) is 0 Å². The monoisotopic (exact) mass is 584 g/mol. The summed E-state index contributed by atoms with van der Waals surface area (Å²) in [6.45, 7) is 9.14. The molecule has 12 nitrogen and oxygen atoms in total. The van der Waals surface area contributed by atoms with Crippen LogP contribution < -0.4 is 21.1 Å². The molecule has 5 aromatic rings. The summed E-state index contributed by atoms with van der Waals surface area (Å²) in [6, 6.07) is 17.0. The highest BCUT2D eigenvalue weighted by Gasteiger charge is 2.22. The molecule has 3 aromatic heterocycles. The molecule has 0 radical (unpaired) electrons. The number of morpholine rings is 1. The number of benzene rings is 2. The van der Waals surface area contributed by atoms with Crippen LogP contribution in [-0.4, -0.2) is 62.5 Å². The van der Waals surface area contributed by atoms with E-state index in [1.54, 1.807) is 10.9 Å². The summed E-state index contributed by atoms with van der Waals surface area (Å²) in [5.74, 6) is 1.38. The average molecular weight is 585 g/mol.